The van der Waals surface area contributed by atoms with Crippen LogP contribution in [0.4, 0.5) is 11.4 Å². The van der Waals surface area contributed by atoms with E-state index in [2.05, 4.69) is 21.2 Å². The Kier molecular flexibility index (Phi) is 4.22. The Morgan fingerprint density at radius 2 is 1.89 bits per heavy atom. The molecule has 2 aromatic carbocycles. The molecule has 19 heavy (non-hydrogen) atoms. The van der Waals surface area contributed by atoms with Crippen molar-refractivity contribution < 1.29 is 4.79 Å². The Labute approximate surface area is 121 Å². The van der Waals surface area contributed by atoms with E-state index in [9.17, 15) is 4.79 Å². The molecule has 0 unspecified atom stereocenters. The topological polar surface area (TPSA) is 55.1 Å². The van der Waals surface area contributed by atoms with Crippen LogP contribution in [0.2, 0.25) is 0 Å². The van der Waals surface area contributed by atoms with Gasteiger partial charge >= 0.3 is 0 Å². The minimum atomic E-state index is -0.0322. The van der Waals surface area contributed by atoms with Crippen LogP contribution in [0.15, 0.2) is 46.9 Å². The lowest BCUT2D eigenvalue weighted by atomic mass is 10.1. The number of hydrogen-bond donors (Lipinski definition) is 2. The number of aryl methyl sites for hydroxylation is 1. The zero-order chi connectivity index (χ0) is 13.8. The van der Waals surface area contributed by atoms with Crippen LogP contribution < -0.4 is 11.1 Å². The van der Waals surface area contributed by atoms with Gasteiger partial charge in [0, 0.05) is 15.8 Å². The molecule has 98 valence electrons. The van der Waals surface area contributed by atoms with E-state index in [0.29, 0.717) is 12.1 Å². The van der Waals surface area contributed by atoms with Crippen LogP contribution in [0.3, 0.4) is 0 Å². The molecular formula is C15H15BrN2O. The van der Waals surface area contributed by atoms with E-state index in [-0.39, 0.29) is 5.91 Å². The number of rotatable bonds is 3. The van der Waals surface area contributed by atoms with E-state index in [1.165, 1.54) is 0 Å². The fraction of sp³-hybridized carbons (Fsp3) is 0.133. The summed E-state index contributed by atoms with van der Waals surface area (Å²) in [4.78, 5) is 11.9. The summed E-state index contributed by atoms with van der Waals surface area (Å²) in [6.07, 6.45) is 0.343. The SMILES string of the molecule is Cc1cc(Br)ccc1NC(=O)Cc1ccc(N)cc1. The summed E-state index contributed by atoms with van der Waals surface area (Å²) in [7, 11) is 0. The third kappa shape index (κ3) is 3.83. The second kappa shape index (κ2) is 5.89. The molecule has 3 nitrogen and oxygen atoms in total. The molecule has 0 heterocycles. The Morgan fingerprint density at radius 1 is 1.21 bits per heavy atom. The summed E-state index contributed by atoms with van der Waals surface area (Å²) in [6.45, 7) is 1.96. The zero-order valence-corrected chi connectivity index (χ0v) is 12.2. The number of carbonyl (C=O) groups excluding carboxylic acids is 1. The van der Waals surface area contributed by atoms with Crippen molar-refractivity contribution in [2.24, 2.45) is 0 Å². The molecular weight excluding hydrogens is 304 g/mol. The van der Waals surface area contributed by atoms with E-state index < -0.39 is 0 Å². The third-order valence-corrected chi connectivity index (χ3v) is 3.30. The van der Waals surface area contributed by atoms with Gasteiger partial charge in [0.1, 0.15) is 0 Å². The summed E-state index contributed by atoms with van der Waals surface area (Å²) in [5, 5.41) is 2.91. The van der Waals surface area contributed by atoms with Crippen molar-refractivity contribution in [3.8, 4) is 0 Å². The third-order valence-electron chi connectivity index (χ3n) is 2.81. The second-order valence-corrected chi connectivity index (χ2v) is 5.34. The Balaban J connectivity index is 2.03. The highest BCUT2D eigenvalue weighted by molar-refractivity contribution is 9.10. The lowest BCUT2D eigenvalue weighted by Gasteiger charge is -2.09. The Morgan fingerprint density at radius 3 is 2.53 bits per heavy atom. The lowest BCUT2D eigenvalue weighted by Crippen LogP contribution is -2.15. The molecule has 0 spiro atoms. The van der Waals surface area contributed by atoms with Gasteiger partial charge in [-0.05, 0) is 48.4 Å². The van der Waals surface area contributed by atoms with Gasteiger partial charge in [-0.3, -0.25) is 4.79 Å². The van der Waals surface area contributed by atoms with Gasteiger partial charge in [-0.1, -0.05) is 28.1 Å². The molecule has 0 radical (unpaired) electrons. The maximum absolute atomic E-state index is 11.9. The quantitative estimate of drug-likeness (QED) is 0.851. The number of nitrogens with one attached hydrogen (secondary N) is 1. The highest BCUT2D eigenvalue weighted by atomic mass is 79.9. The van der Waals surface area contributed by atoms with E-state index in [1.807, 2.05) is 37.3 Å². The van der Waals surface area contributed by atoms with Gasteiger partial charge in [-0.2, -0.15) is 0 Å². The predicted octanol–water partition coefficient (Wildman–Crippen LogP) is 3.52. The number of anilines is 2. The maximum Gasteiger partial charge on any atom is 0.228 e. The van der Waals surface area contributed by atoms with Crippen LogP contribution >= 0.6 is 15.9 Å². The summed E-state index contributed by atoms with van der Waals surface area (Å²) in [6, 6.07) is 13.1. The van der Waals surface area contributed by atoms with Gasteiger partial charge in [-0.25, -0.2) is 0 Å². The average Bonchev–Trinajstić information content (AvgIpc) is 2.36. The first-order chi connectivity index (χ1) is 9.04. The normalized spacial score (nSPS) is 10.2. The van der Waals surface area contributed by atoms with Gasteiger partial charge in [-0.15, -0.1) is 0 Å². The summed E-state index contributed by atoms with van der Waals surface area (Å²) in [5.41, 5.74) is 9.12. The van der Waals surface area contributed by atoms with Crippen molar-refractivity contribution in [1.82, 2.24) is 0 Å². The van der Waals surface area contributed by atoms with Crippen molar-refractivity contribution in [1.29, 1.82) is 0 Å². The molecule has 0 saturated heterocycles. The monoisotopic (exact) mass is 318 g/mol. The van der Waals surface area contributed by atoms with Crippen LogP contribution in [0.1, 0.15) is 11.1 Å². The molecule has 0 aromatic heterocycles. The highest BCUT2D eigenvalue weighted by Crippen LogP contribution is 2.20. The summed E-state index contributed by atoms with van der Waals surface area (Å²) in [5.74, 6) is -0.0322. The molecule has 2 rings (SSSR count). The van der Waals surface area contributed by atoms with Gasteiger partial charge in [0.15, 0.2) is 0 Å². The number of carbonyl (C=O) groups is 1. The molecule has 0 saturated carbocycles. The van der Waals surface area contributed by atoms with Crippen LogP contribution in [0, 0.1) is 6.92 Å². The van der Waals surface area contributed by atoms with Gasteiger partial charge in [0.25, 0.3) is 0 Å². The van der Waals surface area contributed by atoms with Crippen LogP contribution in [-0.4, -0.2) is 5.91 Å². The molecule has 4 heteroatoms. The largest absolute Gasteiger partial charge is 0.399 e. The number of nitrogens with two attached hydrogens (primary N) is 1. The fourth-order valence-corrected chi connectivity index (χ4v) is 2.26. The first-order valence-corrected chi connectivity index (χ1v) is 6.74. The van der Waals surface area contributed by atoms with Crippen molar-refractivity contribution >= 4 is 33.2 Å². The number of benzene rings is 2. The first-order valence-electron chi connectivity index (χ1n) is 5.95. The molecule has 0 aliphatic rings. The molecule has 3 N–H and O–H groups in total. The molecule has 0 atom stereocenters. The Hall–Kier alpha value is -1.81. The molecule has 0 aliphatic heterocycles. The summed E-state index contributed by atoms with van der Waals surface area (Å²) < 4.78 is 1.00. The van der Waals surface area contributed by atoms with E-state index in [4.69, 9.17) is 5.73 Å². The molecule has 0 fully saturated rings. The van der Waals surface area contributed by atoms with Gasteiger partial charge in [0.05, 0.1) is 6.42 Å². The number of nitrogen functional groups attached to an aromatic ring is 1. The number of halogens is 1. The van der Waals surface area contributed by atoms with Crippen molar-refractivity contribution in [3.05, 3.63) is 58.1 Å². The zero-order valence-electron chi connectivity index (χ0n) is 10.6. The lowest BCUT2D eigenvalue weighted by molar-refractivity contribution is -0.115. The first kappa shape index (κ1) is 13.6. The minimum absolute atomic E-state index is 0.0322. The van der Waals surface area contributed by atoms with Crippen LogP contribution in [0.25, 0.3) is 0 Å². The van der Waals surface area contributed by atoms with Gasteiger partial charge in [0.2, 0.25) is 5.91 Å². The minimum Gasteiger partial charge on any atom is -0.399 e. The standard InChI is InChI=1S/C15H15BrN2O/c1-10-8-12(16)4-7-14(10)18-15(19)9-11-2-5-13(17)6-3-11/h2-8H,9,17H2,1H3,(H,18,19). The van der Waals surface area contributed by atoms with Crippen molar-refractivity contribution in [2.45, 2.75) is 13.3 Å². The van der Waals surface area contributed by atoms with E-state index in [1.54, 1.807) is 12.1 Å². The molecule has 0 aliphatic carbocycles. The van der Waals surface area contributed by atoms with Crippen molar-refractivity contribution in [2.75, 3.05) is 11.1 Å². The molecule has 0 bridgehead atoms. The molecule has 1 amide bonds. The fourth-order valence-electron chi connectivity index (χ4n) is 1.78. The summed E-state index contributed by atoms with van der Waals surface area (Å²) >= 11 is 3.40. The van der Waals surface area contributed by atoms with Gasteiger partial charge < -0.3 is 11.1 Å². The van der Waals surface area contributed by atoms with Crippen molar-refractivity contribution in [3.63, 3.8) is 0 Å². The Bertz CT molecular complexity index is 594. The second-order valence-electron chi connectivity index (χ2n) is 4.43. The van der Waals surface area contributed by atoms with Crippen LogP contribution in [0.5, 0.6) is 0 Å². The molecule has 2 aromatic rings. The van der Waals surface area contributed by atoms with E-state index >= 15 is 0 Å². The average molecular weight is 319 g/mol. The highest BCUT2D eigenvalue weighted by Gasteiger charge is 2.06. The number of amides is 1. The van der Waals surface area contributed by atoms with E-state index in [0.717, 1.165) is 21.3 Å². The van der Waals surface area contributed by atoms with Crippen LogP contribution in [-0.2, 0) is 11.2 Å². The smallest absolute Gasteiger partial charge is 0.228 e. The predicted molar refractivity (Wildman–Crippen MR) is 82.1 cm³/mol. The maximum atomic E-state index is 11.9. The number of hydrogen-bond acceptors (Lipinski definition) is 2.